The minimum Gasteiger partial charge on any atom is -0.463 e. The van der Waals surface area contributed by atoms with Crippen LogP contribution in [0.2, 0.25) is 0 Å². The number of aliphatic hydroxyl groups is 1. The van der Waals surface area contributed by atoms with E-state index in [1.165, 1.54) is 0 Å². The van der Waals surface area contributed by atoms with Crippen LogP contribution in [0, 0.1) is 0 Å². The Morgan fingerprint density at radius 3 is 2.47 bits per heavy atom. The largest absolute Gasteiger partial charge is 0.463 e. The fourth-order valence-electron chi connectivity index (χ4n) is 1.25. The molecule has 6 heteroatoms. The van der Waals surface area contributed by atoms with Crippen LogP contribution in [-0.4, -0.2) is 49.6 Å². The number of esters is 2. The van der Waals surface area contributed by atoms with Crippen LogP contribution in [0.3, 0.4) is 0 Å². The van der Waals surface area contributed by atoms with Crippen LogP contribution < -0.4 is 0 Å². The van der Waals surface area contributed by atoms with Crippen molar-refractivity contribution in [3.05, 3.63) is 0 Å². The Balaban J connectivity index is 3.58. The summed E-state index contributed by atoms with van der Waals surface area (Å²) in [6, 6.07) is 0. The molecule has 0 aliphatic rings. The van der Waals surface area contributed by atoms with E-state index in [9.17, 15) is 9.59 Å². The zero-order valence-corrected chi connectivity index (χ0v) is 11.7. The van der Waals surface area contributed by atoms with Crippen LogP contribution in [0.15, 0.2) is 0 Å². The first-order valence-corrected chi connectivity index (χ1v) is 6.63. The third-order valence-corrected chi connectivity index (χ3v) is 2.22. The van der Waals surface area contributed by atoms with Gasteiger partial charge in [-0.2, -0.15) is 0 Å². The molecule has 0 aliphatic heterocycles. The monoisotopic (exact) mass is 276 g/mol. The summed E-state index contributed by atoms with van der Waals surface area (Å²) in [5, 5.41) is 8.45. The first-order valence-electron chi connectivity index (χ1n) is 6.63. The maximum Gasteiger partial charge on any atom is 0.306 e. The van der Waals surface area contributed by atoms with Crippen LogP contribution >= 0.6 is 0 Å². The van der Waals surface area contributed by atoms with E-state index >= 15 is 0 Å². The van der Waals surface area contributed by atoms with Gasteiger partial charge in [0.2, 0.25) is 0 Å². The molecule has 1 atom stereocenters. The van der Waals surface area contributed by atoms with Crippen LogP contribution in [0.1, 0.15) is 39.5 Å². The molecule has 0 heterocycles. The second kappa shape index (κ2) is 11.9. The van der Waals surface area contributed by atoms with E-state index < -0.39 is 11.9 Å². The summed E-state index contributed by atoms with van der Waals surface area (Å²) >= 11 is 0. The molecule has 0 spiro atoms. The van der Waals surface area contributed by atoms with Gasteiger partial charge < -0.3 is 19.3 Å². The molecule has 0 saturated heterocycles. The van der Waals surface area contributed by atoms with Gasteiger partial charge in [0.1, 0.15) is 12.7 Å². The van der Waals surface area contributed by atoms with Crippen LogP contribution in [0.5, 0.6) is 0 Å². The lowest BCUT2D eigenvalue weighted by Gasteiger charge is -2.13. The molecule has 19 heavy (non-hydrogen) atoms. The highest BCUT2D eigenvalue weighted by Gasteiger charge is 2.12. The number of aliphatic hydroxyl groups excluding tert-OH is 1. The SMILES string of the molecule is CCCCOCC(C)OC(=O)CCC(=O)OCCO. The lowest BCUT2D eigenvalue weighted by molar-refractivity contribution is -0.155. The predicted octanol–water partition coefficient (Wildman–Crippen LogP) is 1.05. The number of ether oxygens (including phenoxy) is 3. The molecule has 0 amide bonds. The van der Waals surface area contributed by atoms with Crippen molar-refractivity contribution in [1.29, 1.82) is 0 Å². The van der Waals surface area contributed by atoms with E-state index in [4.69, 9.17) is 14.6 Å². The summed E-state index contributed by atoms with van der Waals surface area (Å²) in [5.41, 5.74) is 0. The standard InChI is InChI=1S/C13H24O6/c1-3-4-8-17-10-11(2)19-13(16)6-5-12(15)18-9-7-14/h11,14H,3-10H2,1-2H3. The van der Waals surface area contributed by atoms with Crippen molar-refractivity contribution in [2.75, 3.05) is 26.4 Å². The maximum absolute atomic E-state index is 11.4. The molecule has 0 aromatic heterocycles. The maximum atomic E-state index is 11.4. The van der Waals surface area contributed by atoms with E-state index in [-0.39, 0.29) is 32.2 Å². The van der Waals surface area contributed by atoms with Crippen LogP contribution in [0.4, 0.5) is 0 Å². The molecule has 1 unspecified atom stereocenters. The number of carbonyl (C=O) groups is 2. The average molecular weight is 276 g/mol. The zero-order valence-electron chi connectivity index (χ0n) is 11.7. The third kappa shape index (κ3) is 11.7. The molecule has 0 fully saturated rings. The average Bonchev–Trinajstić information content (AvgIpc) is 2.39. The summed E-state index contributed by atoms with van der Waals surface area (Å²) in [4.78, 5) is 22.5. The molecular formula is C13H24O6. The summed E-state index contributed by atoms with van der Waals surface area (Å²) in [6.07, 6.45) is 1.66. The lowest BCUT2D eigenvalue weighted by Crippen LogP contribution is -2.21. The van der Waals surface area contributed by atoms with Gasteiger partial charge in [-0.1, -0.05) is 13.3 Å². The van der Waals surface area contributed by atoms with E-state index in [0.717, 1.165) is 12.8 Å². The Labute approximate surface area is 114 Å². The molecule has 0 bridgehead atoms. The van der Waals surface area contributed by atoms with Gasteiger partial charge in [-0.3, -0.25) is 9.59 Å². The molecule has 6 nitrogen and oxygen atoms in total. The van der Waals surface area contributed by atoms with E-state index in [1.54, 1.807) is 6.92 Å². The molecule has 0 aliphatic carbocycles. The number of carbonyl (C=O) groups excluding carboxylic acids is 2. The Hall–Kier alpha value is -1.14. The lowest BCUT2D eigenvalue weighted by atomic mass is 10.3. The van der Waals surface area contributed by atoms with E-state index in [0.29, 0.717) is 13.2 Å². The van der Waals surface area contributed by atoms with Crippen molar-refractivity contribution >= 4 is 11.9 Å². The molecule has 0 aromatic carbocycles. The molecule has 0 radical (unpaired) electrons. The summed E-state index contributed by atoms with van der Waals surface area (Å²) in [5.74, 6) is -0.967. The minimum atomic E-state index is -0.516. The molecule has 1 N–H and O–H groups in total. The Kier molecular flexibility index (Phi) is 11.2. The molecule has 0 aromatic rings. The van der Waals surface area contributed by atoms with Crippen molar-refractivity contribution in [2.24, 2.45) is 0 Å². The number of hydrogen-bond donors (Lipinski definition) is 1. The fourth-order valence-corrected chi connectivity index (χ4v) is 1.25. The van der Waals surface area contributed by atoms with Crippen molar-refractivity contribution < 1.29 is 28.9 Å². The van der Waals surface area contributed by atoms with Gasteiger partial charge in [-0.05, 0) is 13.3 Å². The van der Waals surface area contributed by atoms with Gasteiger partial charge in [0.25, 0.3) is 0 Å². The summed E-state index contributed by atoms with van der Waals surface area (Å²) in [7, 11) is 0. The van der Waals surface area contributed by atoms with E-state index in [1.807, 2.05) is 0 Å². The Morgan fingerprint density at radius 2 is 1.84 bits per heavy atom. The fraction of sp³-hybridized carbons (Fsp3) is 0.846. The van der Waals surface area contributed by atoms with Gasteiger partial charge in [0.05, 0.1) is 26.1 Å². The van der Waals surface area contributed by atoms with Crippen molar-refractivity contribution in [3.63, 3.8) is 0 Å². The predicted molar refractivity (Wildman–Crippen MR) is 68.6 cm³/mol. The second-order valence-corrected chi connectivity index (χ2v) is 4.17. The van der Waals surface area contributed by atoms with Crippen molar-refractivity contribution in [3.8, 4) is 0 Å². The van der Waals surface area contributed by atoms with Crippen LogP contribution in [-0.2, 0) is 23.8 Å². The topological polar surface area (TPSA) is 82.1 Å². The molecule has 0 saturated carbocycles. The smallest absolute Gasteiger partial charge is 0.306 e. The minimum absolute atomic E-state index is 0.0242. The van der Waals surface area contributed by atoms with Gasteiger partial charge in [0.15, 0.2) is 0 Å². The highest BCUT2D eigenvalue weighted by atomic mass is 16.6. The summed E-state index contributed by atoms with van der Waals surface area (Å²) < 4.78 is 15.0. The van der Waals surface area contributed by atoms with Crippen molar-refractivity contribution in [1.82, 2.24) is 0 Å². The normalized spacial score (nSPS) is 11.9. The quantitative estimate of drug-likeness (QED) is 0.449. The first-order chi connectivity index (χ1) is 9.10. The Bertz CT molecular complexity index is 254. The third-order valence-electron chi connectivity index (χ3n) is 2.22. The Morgan fingerprint density at radius 1 is 1.16 bits per heavy atom. The molecular weight excluding hydrogens is 252 g/mol. The number of hydrogen-bond acceptors (Lipinski definition) is 6. The van der Waals surface area contributed by atoms with Gasteiger partial charge in [-0.25, -0.2) is 0 Å². The number of rotatable bonds is 11. The molecule has 112 valence electrons. The van der Waals surface area contributed by atoms with Crippen LogP contribution in [0.25, 0.3) is 0 Å². The van der Waals surface area contributed by atoms with Gasteiger partial charge in [0, 0.05) is 6.61 Å². The zero-order chi connectivity index (χ0) is 14.5. The highest BCUT2D eigenvalue weighted by molar-refractivity contribution is 5.77. The highest BCUT2D eigenvalue weighted by Crippen LogP contribution is 2.01. The first kappa shape index (κ1) is 17.9. The van der Waals surface area contributed by atoms with Crippen molar-refractivity contribution in [2.45, 2.75) is 45.6 Å². The second-order valence-electron chi connectivity index (χ2n) is 4.17. The van der Waals surface area contributed by atoms with Gasteiger partial charge >= 0.3 is 11.9 Å². The number of unbranched alkanes of at least 4 members (excludes halogenated alkanes) is 1. The summed E-state index contributed by atoms with van der Waals surface area (Å²) in [6.45, 7) is 4.57. The van der Waals surface area contributed by atoms with Gasteiger partial charge in [-0.15, -0.1) is 0 Å². The van der Waals surface area contributed by atoms with E-state index in [2.05, 4.69) is 11.7 Å². The molecule has 0 rings (SSSR count).